The number of nitrogens with one attached hydrogen (secondary N) is 1. The summed E-state index contributed by atoms with van der Waals surface area (Å²) < 4.78 is 11.7. The van der Waals surface area contributed by atoms with Gasteiger partial charge < -0.3 is 14.5 Å². The SMILES string of the molecule is CC1CC1c1ccc(CN(C)CC2CNCCO2)o1. The Kier molecular flexibility index (Phi) is 3.91. The van der Waals surface area contributed by atoms with Crippen molar-refractivity contribution in [3.8, 4) is 0 Å². The number of nitrogens with zero attached hydrogens (tertiary/aromatic N) is 1. The molecule has 1 saturated carbocycles. The maximum absolute atomic E-state index is 5.94. The van der Waals surface area contributed by atoms with Gasteiger partial charge in [0.05, 0.1) is 19.3 Å². The summed E-state index contributed by atoms with van der Waals surface area (Å²) >= 11 is 0. The van der Waals surface area contributed by atoms with E-state index in [-0.39, 0.29) is 0 Å². The lowest BCUT2D eigenvalue weighted by atomic mass is 10.2. The highest BCUT2D eigenvalue weighted by Gasteiger charge is 2.36. The first kappa shape index (κ1) is 13.2. The number of hydrogen-bond donors (Lipinski definition) is 1. The number of furan rings is 1. The second kappa shape index (κ2) is 5.65. The van der Waals surface area contributed by atoms with Crippen LogP contribution in [0.1, 0.15) is 30.8 Å². The van der Waals surface area contributed by atoms with Crippen LogP contribution in [-0.2, 0) is 11.3 Å². The molecule has 1 saturated heterocycles. The summed E-state index contributed by atoms with van der Waals surface area (Å²) in [7, 11) is 2.12. The number of morpholine rings is 1. The zero-order valence-electron chi connectivity index (χ0n) is 11.9. The number of likely N-dealkylation sites (N-methyl/N-ethyl adjacent to an activating group) is 1. The van der Waals surface area contributed by atoms with E-state index in [2.05, 4.69) is 36.3 Å². The molecular formula is C15H24N2O2. The van der Waals surface area contributed by atoms with Crippen LogP contribution in [0.4, 0.5) is 0 Å². The highest BCUT2D eigenvalue weighted by molar-refractivity contribution is 5.17. The molecule has 0 bridgehead atoms. The van der Waals surface area contributed by atoms with Crippen LogP contribution in [-0.4, -0.2) is 44.3 Å². The van der Waals surface area contributed by atoms with E-state index in [1.807, 2.05) is 0 Å². The quantitative estimate of drug-likeness (QED) is 0.880. The van der Waals surface area contributed by atoms with Crippen molar-refractivity contribution in [3.63, 3.8) is 0 Å². The molecule has 0 aromatic carbocycles. The van der Waals surface area contributed by atoms with E-state index >= 15 is 0 Å². The zero-order valence-corrected chi connectivity index (χ0v) is 11.9. The van der Waals surface area contributed by atoms with E-state index in [0.717, 1.165) is 44.5 Å². The van der Waals surface area contributed by atoms with E-state index in [9.17, 15) is 0 Å². The monoisotopic (exact) mass is 264 g/mol. The molecule has 1 aliphatic carbocycles. The van der Waals surface area contributed by atoms with Gasteiger partial charge in [-0.15, -0.1) is 0 Å². The van der Waals surface area contributed by atoms with E-state index in [1.165, 1.54) is 12.2 Å². The summed E-state index contributed by atoms with van der Waals surface area (Å²) in [6.45, 7) is 6.84. The summed E-state index contributed by atoms with van der Waals surface area (Å²) in [5.74, 6) is 3.72. The van der Waals surface area contributed by atoms with Crippen molar-refractivity contribution >= 4 is 0 Å². The molecule has 4 nitrogen and oxygen atoms in total. The topological polar surface area (TPSA) is 37.6 Å². The minimum Gasteiger partial charge on any atom is -0.464 e. The maximum Gasteiger partial charge on any atom is 0.118 e. The Labute approximate surface area is 115 Å². The van der Waals surface area contributed by atoms with Crippen LogP contribution in [0.5, 0.6) is 0 Å². The lowest BCUT2D eigenvalue weighted by molar-refractivity contribution is 0.00793. The Hall–Kier alpha value is -0.840. The van der Waals surface area contributed by atoms with Crippen molar-refractivity contribution in [1.29, 1.82) is 0 Å². The second-order valence-electron chi connectivity index (χ2n) is 6.02. The van der Waals surface area contributed by atoms with Crippen LogP contribution in [0.25, 0.3) is 0 Å². The van der Waals surface area contributed by atoms with E-state index in [4.69, 9.17) is 9.15 Å². The van der Waals surface area contributed by atoms with Gasteiger partial charge in [0.2, 0.25) is 0 Å². The van der Waals surface area contributed by atoms with Crippen LogP contribution in [0.2, 0.25) is 0 Å². The van der Waals surface area contributed by atoms with Crippen LogP contribution in [0.15, 0.2) is 16.5 Å². The van der Waals surface area contributed by atoms with Crippen molar-refractivity contribution < 1.29 is 9.15 Å². The summed E-state index contributed by atoms with van der Waals surface area (Å²) in [4.78, 5) is 2.27. The maximum atomic E-state index is 5.94. The van der Waals surface area contributed by atoms with Gasteiger partial charge in [-0.25, -0.2) is 0 Å². The third-order valence-electron chi connectivity index (χ3n) is 4.10. The number of ether oxygens (including phenoxy) is 1. The summed E-state index contributed by atoms with van der Waals surface area (Å²) in [5, 5.41) is 3.36. The minimum absolute atomic E-state index is 0.302. The first-order valence-electron chi connectivity index (χ1n) is 7.32. The van der Waals surface area contributed by atoms with E-state index < -0.39 is 0 Å². The lowest BCUT2D eigenvalue weighted by Crippen LogP contribution is -2.44. The lowest BCUT2D eigenvalue weighted by Gasteiger charge is -2.27. The van der Waals surface area contributed by atoms with Gasteiger partial charge in [-0.05, 0) is 31.5 Å². The molecule has 4 heteroatoms. The summed E-state index contributed by atoms with van der Waals surface area (Å²) in [6, 6.07) is 4.27. The molecule has 2 aliphatic rings. The fourth-order valence-corrected chi connectivity index (χ4v) is 2.81. The largest absolute Gasteiger partial charge is 0.464 e. The molecule has 2 heterocycles. The standard InChI is InChI=1S/C15H24N2O2/c1-11-7-14(11)15-4-3-12(19-15)9-17(2)10-13-8-16-5-6-18-13/h3-4,11,13-14,16H,5-10H2,1-2H3. The molecule has 0 spiro atoms. The predicted molar refractivity (Wildman–Crippen MR) is 74.2 cm³/mol. The molecule has 0 radical (unpaired) electrons. The molecule has 1 aliphatic heterocycles. The Morgan fingerprint density at radius 3 is 2.95 bits per heavy atom. The number of rotatable bonds is 5. The van der Waals surface area contributed by atoms with Crippen LogP contribution in [0.3, 0.4) is 0 Å². The molecule has 1 aromatic rings. The molecule has 3 unspecified atom stereocenters. The molecule has 1 N–H and O–H groups in total. The van der Waals surface area contributed by atoms with Gasteiger partial charge in [0.15, 0.2) is 0 Å². The van der Waals surface area contributed by atoms with Crippen molar-refractivity contribution in [2.75, 3.05) is 33.3 Å². The highest BCUT2D eigenvalue weighted by Crippen LogP contribution is 2.47. The predicted octanol–water partition coefficient (Wildman–Crippen LogP) is 1.82. The van der Waals surface area contributed by atoms with Crippen LogP contribution < -0.4 is 5.32 Å². The molecule has 3 atom stereocenters. The van der Waals surface area contributed by atoms with Gasteiger partial charge in [-0.2, -0.15) is 0 Å². The van der Waals surface area contributed by atoms with E-state index in [0.29, 0.717) is 12.0 Å². The summed E-state index contributed by atoms with van der Waals surface area (Å²) in [5.41, 5.74) is 0. The Balaban J connectivity index is 1.48. The fourth-order valence-electron chi connectivity index (χ4n) is 2.81. The van der Waals surface area contributed by atoms with Gasteiger partial charge in [0.1, 0.15) is 11.5 Å². The first-order valence-corrected chi connectivity index (χ1v) is 7.32. The van der Waals surface area contributed by atoms with Crippen molar-refractivity contribution in [2.24, 2.45) is 5.92 Å². The van der Waals surface area contributed by atoms with E-state index in [1.54, 1.807) is 0 Å². The normalized spacial score (nSPS) is 30.8. The van der Waals surface area contributed by atoms with Gasteiger partial charge in [0, 0.05) is 25.6 Å². The summed E-state index contributed by atoms with van der Waals surface area (Å²) in [6.07, 6.45) is 1.58. The number of hydrogen-bond acceptors (Lipinski definition) is 4. The van der Waals surface area contributed by atoms with Gasteiger partial charge >= 0.3 is 0 Å². The van der Waals surface area contributed by atoms with Crippen molar-refractivity contribution in [2.45, 2.75) is 31.9 Å². The molecular weight excluding hydrogens is 240 g/mol. The van der Waals surface area contributed by atoms with Gasteiger partial charge in [0.25, 0.3) is 0 Å². The van der Waals surface area contributed by atoms with Gasteiger partial charge in [-0.1, -0.05) is 6.92 Å². The molecule has 3 rings (SSSR count). The Bertz CT molecular complexity index is 412. The fraction of sp³-hybridized carbons (Fsp3) is 0.733. The molecule has 2 fully saturated rings. The smallest absolute Gasteiger partial charge is 0.118 e. The first-order chi connectivity index (χ1) is 9.22. The second-order valence-corrected chi connectivity index (χ2v) is 6.02. The van der Waals surface area contributed by atoms with Crippen molar-refractivity contribution in [1.82, 2.24) is 10.2 Å². The molecule has 19 heavy (non-hydrogen) atoms. The third kappa shape index (κ3) is 3.38. The minimum atomic E-state index is 0.302. The molecule has 1 aromatic heterocycles. The third-order valence-corrected chi connectivity index (χ3v) is 4.10. The average molecular weight is 264 g/mol. The van der Waals surface area contributed by atoms with Crippen LogP contribution >= 0.6 is 0 Å². The van der Waals surface area contributed by atoms with Crippen LogP contribution in [0, 0.1) is 5.92 Å². The average Bonchev–Trinajstić information content (AvgIpc) is 2.95. The molecule has 0 amide bonds. The Morgan fingerprint density at radius 2 is 2.26 bits per heavy atom. The Morgan fingerprint density at radius 1 is 1.42 bits per heavy atom. The zero-order chi connectivity index (χ0) is 13.2. The molecule has 106 valence electrons. The highest BCUT2D eigenvalue weighted by atomic mass is 16.5. The van der Waals surface area contributed by atoms with Gasteiger partial charge in [-0.3, -0.25) is 4.90 Å². The van der Waals surface area contributed by atoms with Crippen molar-refractivity contribution in [3.05, 3.63) is 23.7 Å².